The van der Waals surface area contributed by atoms with Gasteiger partial charge in [-0.3, -0.25) is 4.79 Å². The second-order valence-electron chi connectivity index (χ2n) is 6.24. The Morgan fingerprint density at radius 2 is 2.08 bits per heavy atom. The molecular weight excluding hydrogens is 322 g/mol. The third-order valence-corrected chi connectivity index (χ3v) is 5.17. The Balaban J connectivity index is 1.95. The molecule has 1 aromatic heterocycles. The van der Waals surface area contributed by atoms with Gasteiger partial charge in [-0.2, -0.15) is 0 Å². The highest BCUT2D eigenvalue weighted by Crippen LogP contribution is 2.28. The van der Waals surface area contributed by atoms with Gasteiger partial charge in [0, 0.05) is 22.7 Å². The molecule has 2 aromatic rings. The SMILES string of the molecule is CSc1cccc(N(C(=O)c2cc(C)no2)C2CCN(C)CC2)c1. The quantitative estimate of drug-likeness (QED) is 0.795. The van der Waals surface area contributed by atoms with E-state index in [1.165, 1.54) is 0 Å². The van der Waals surface area contributed by atoms with Crippen molar-refractivity contribution in [1.29, 1.82) is 0 Å². The first kappa shape index (κ1) is 17.0. The van der Waals surface area contributed by atoms with Crippen LogP contribution in [-0.4, -0.2) is 48.4 Å². The van der Waals surface area contributed by atoms with Crippen molar-refractivity contribution in [2.75, 3.05) is 31.3 Å². The first-order chi connectivity index (χ1) is 11.6. The molecule has 5 nitrogen and oxygen atoms in total. The molecule has 0 bridgehead atoms. The van der Waals surface area contributed by atoms with Crippen molar-refractivity contribution in [3.05, 3.63) is 41.8 Å². The number of carbonyl (C=O) groups is 1. The summed E-state index contributed by atoms with van der Waals surface area (Å²) in [4.78, 5) is 18.5. The molecule has 1 fully saturated rings. The van der Waals surface area contributed by atoms with E-state index in [0.29, 0.717) is 5.76 Å². The van der Waals surface area contributed by atoms with Gasteiger partial charge in [-0.25, -0.2) is 0 Å². The van der Waals surface area contributed by atoms with E-state index in [4.69, 9.17) is 4.52 Å². The molecule has 6 heteroatoms. The van der Waals surface area contributed by atoms with E-state index in [-0.39, 0.29) is 11.9 Å². The molecule has 0 aliphatic carbocycles. The van der Waals surface area contributed by atoms with Gasteiger partial charge in [-0.1, -0.05) is 11.2 Å². The summed E-state index contributed by atoms with van der Waals surface area (Å²) in [5, 5.41) is 3.87. The lowest BCUT2D eigenvalue weighted by molar-refractivity contribution is 0.0927. The molecule has 2 heterocycles. The first-order valence-electron chi connectivity index (χ1n) is 8.18. The molecule has 1 aliphatic heterocycles. The number of amides is 1. The number of benzene rings is 1. The van der Waals surface area contributed by atoms with Crippen LogP contribution in [0.3, 0.4) is 0 Å². The van der Waals surface area contributed by atoms with E-state index in [2.05, 4.69) is 29.2 Å². The topological polar surface area (TPSA) is 49.6 Å². The van der Waals surface area contributed by atoms with Crippen LogP contribution in [0.5, 0.6) is 0 Å². The van der Waals surface area contributed by atoms with Crippen LogP contribution in [0.1, 0.15) is 29.1 Å². The van der Waals surface area contributed by atoms with Gasteiger partial charge in [0.1, 0.15) is 0 Å². The fourth-order valence-electron chi connectivity index (χ4n) is 3.09. The zero-order valence-corrected chi connectivity index (χ0v) is 15.2. The maximum atomic E-state index is 13.1. The van der Waals surface area contributed by atoms with Crippen molar-refractivity contribution >= 4 is 23.4 Å². The minimum absolute atomic E-state index is 0.108. The van der Waals surface area contributed by atoms with Crippen LogP contribution < -0.4 is 4.90 Å². The van der Waals surface area contributed by atoms with Gasteiger partial charge in [0.2, 0.25) is 5.76 Å². The van der Waals surface area contributed by atoms with Crippen LogP contribution >= 0.6 is 11.8 Å². The predicted molar refractivity (Wildman–Crippen MR) is 96.8 cm³/mol. The molecule has 1 saturated heterocycles. The van der Waals surface area contributed by atoms with Crippen LogP contribution in [-0.2, 0) is 0 Å². The van der Waals surface area contributed by atoms with Crippen LogP contribution in [0.4, 0.5) is 5.69 Å². The monoisotopic (exact) mass is 345 g/mol. The molecule has 0 radical (unpaired) electrons. The molecule has 0 atom stereocenters. The maximum Gasteiger partial charge on any atom is 0.297 e. The minimum Gasteiger partial charge on any atom is -0.351 e. The van der Waals surface area contributed by atoms with Crippen molar-refractivity contribution in [2.24, 2.45) is 0 Å². The Morgan fingerprint density at radius 3 is 2.71 bits per heavy atom. The van der Waals surface area contributed by atoms with Crippen molar-refractivity contribution in [1.82, 2.24) is 10.1 Å². The van der Waals surface area contributed by atoms with E-state index >= 15 is 0 Å². The number of anilines is 1. The Hall–Kier alpha value is -1.79. The van der Waals surface area contributed by atoms with Crippen molar-refractivity contribution in [2.45, 2.75) is 30.7 Å². The summed E-state index contributed by atoms with van der Waals surface area (Å²) in [7, 11) is 2.12. The van der Waals surface area contributed by atoms with Crippen LogP contribution in [0.25, 0.3) is 0 Å². The third kappa shape index (κ3) is 3.65. The molecule has 1 amide bonds. The first-order valence-corrected chi connectivity index (χ1v) is 9.40. The Labute approximate surface area is 147 Å². The summed E-state index contributed by atoms with van der Waals surface area (Å²) >= 11 is 1.68. The molecule has 0 N–H and O–H groups in total. The van der Waals surface area contributed by atoms with E-state index in [1.54, 1.807) is 17.8 Å². The summed E-state index contributed by atoms with van der Waals surface area (Å²) < 4.78 is 5.24. The van der Waals surface area contributed by atoms with Crippen LogP contribution in [0, 0.1) is 6.92 Å². The number of aryl methyl sites for hydroxylation is 1. The number of likely N-dealkylation sites (tertiary alicyclic amines) is 1. The summed E-state index contributed by atoms with van der Waals surface area (Å²) in [5.74, 6) is 0.199. The number of thioether (sulfide) groups is 1. The highest BCUT2D eigenvalue weighted by molar-refractivity contribution is 7.98. The fourth-order valence-corrected chi connectivity index (χ4v) is 3.54. The highest BCUT2D eigenvalue weighted by atomic mass is 32.2. The molecule has 0 unspecified atom stereocenters. The highest BCUT2D eigenvalue weighted by Gasteiger charge is 2.31. The van der Waals surface area contributed by atoms with Gasteiger partial charge < -0.3 is 14.3 Å². The zero-order chi connectivity index (χ0) is 17.1. The van der Waals surface area contributed by atoms with E-state index < -0.39 is 0 Å². The maximum absolute atomic E-state index is 13.1. The molecule has 0 spiro atoms. The Morgan fingerprint density at radius 1 is 1.33 bits per heavy atom. The van der Waals surface area contributed by atoms with Gasteiger partial charge in [-0.15, -0.1) is 11.8 Å². The fraction of sp³-hybridized carbons (Fsp3) is 0.444. The lowest BCUT2D eigenvalue weighted by Crippen LogP contribution is -2.46. The molecule has 1 aliphatic rings. The standard InChI is InChI=1S/C18H23N3O2S/c1-13-11-17(23-19-13)18(22)21(14-7-9-20(2)10-8-14)15-5-4-6-16(12-15)24-3/h4-6,11-12,14H,7-10H2,1-3H3. The summed E-state index contributed by atoms with van der Waals surface area (Å²) in [5.41, 5.74) is 1.65. The van der Waals surface area contributed by atoms with Crippen molar-refractivity contribution in [3.63, 3.8) is 0 Å². The second kappa shape index (κ2) is 7.40. The van der Waals surface area contributed by atoms with Gasteiger partial charge in [0.05, 0.1) is 5.69 Å². The van der Waals surface area contributed by atoms with Crippen LogP contribution in [0.15, 0.2) is 39.8 Å². The van der Waals surface area contributed by atoms with E-state index in [1.807, 2.05) is 30.2 Å². The van der Waals surface area contributed by atoms with E-state index in [0.717, 1.165) is 42.2 Å². The lowest BCUT2D eigenvalue weighted by atomic mass is 10.0. The summed E-state index contributed by atoms with van der Waals surface area (Å²) in [6.07, 6.45) is 3.96. The molecule has 128 valence electrons. The van der Waals surface area contributed by atoms with Gasteiger partial charge >= 0.3 is 0 Å². The molecule has 1 aromatic carbocycles. The normalized spacial score (nSPS) is 16.3. The summed E-state index contributed by atoms with van der Waals surface area (Å²) in [6, 6.07) is 10.0. The minimum atomic E-state index is -0.108. The molecule has 3 rings (SSSR count). The number of nitrogens with zero attached hydrogens (tertiary/aromatic N) is 3. The van der Waals surface area contributed by atoms with Crippen molar-refractivity contribution < 1.29 is 9.32 Å². The number of aromatic nitrogens is 1. The smallest absolute Gasteiger partial charge is 0.297 e. The van der Waals surface area contributed by atoms with E-state index in [9.17, 15) is 4.79 Å². The van der Waals surface area contributed by atoms with Gasteiger partial charge in [-0.05, 0) is 64.4 Å². The predicted octanol–water partition coefficient (Wildman–Crippen LogP) is 3.45. The third-order valence-electron chi connectivity index (χ3n) is 4.44. The number of hydrogen-bond acceptors (Lipinski definition) is 5. The Bertz CT molecular complexity index is 708. The number of carbonyl (C=O) groups excluding carboxylic acids is 1. The number of hydrogen-bond donors (Lipinski definition) is 0. The number of piperidine rings is 1. The van der Waals surface area contributed by atoms with Crippen molar-refractivity contribution in [3.8, 4) is 0 Å². The lowest BCUT2D eigenvalue weighted by Gasteiger charge is -2.37. The summed E-state index contributed by atoms with van der Waals surface area (Å²) in [6.45, 7) is 3.81. The second-order valence-corrected chi connectivity index (χ2v) is 7.12. The van der Waals surface area contributed by atoms with Gasteiger partial charge in [0.15, 0.2) is 0 Å². The zero-order valence-electron chi connectivity index (χ0n) is 14.4. The van der Waals surface area contributed by atoms with Gasteiger partial charge in [0.25, 0.3) is 5.91 Å². The average Bonchev–Trinajstić information content (AvgIpc) is 3.03. The molecule has 0 saturated carbocycles. The molecule has 24 heavy (non-hydrogen) atoms. The molecular formula is C18H23N3O2S. The van der Waals surface area contributed by atoms with Crippen LogP contribution in [0.2, 0.25) is 0 Å². The number of rotatable bonds is 4. The Kier molecular flexibility index (Phi) is 5.26. The average molecular weight is 345 g/mol. The largest absolute Gasteiger partial charge is 0.351 e.